The van der Waals surface area contributed by atoms with Gasteiger partial charge in [-0.1, -0.05) is 13.8 Å². The van der Waals surface area contributed by atoms with E-state index in [-0.39, 0.29) is 36.8 Å². The molecule has 1 unspecified atom stereocenters. The quantitative estimate of drug-likeness (QED) is 0.805. The van der Waals surface area contributed by atoms with Gasteiger partial charge in [0.1, 0.15) is 0 Å². The lowest BCUT2D eigenvalue weighted by molar-refractivity contribution is -0.131. The van der Waals surface area contributed by atoms with E-state index < -0.39 is 5.41 Å². The number of nitrogens with two attached hydrogens (primary N) is 1. The van der Waals surface area contributed by atoms with Crippen LogP contribution in [0.1, 0.15) is 33.6 Å². The van der Waals surface area contributed by atoms with Crippen molar-refractivity contribution >= 4 is 30.7 Å². The maximum Gasteiger partial charge on any atom is 0.227 e. The van der Waals surface area contributed by atoms with Gasteiger partial charge in [-0.25, -0.2) is 0 Å². The number of rotatable bonds is 7. The van der Waals surface area contributed by atoms with Gasteiger partial charge in [-0.2, -0.15) is 5.10 Å². The van der Waals surface area contributed by atoms with Gasteiger partial charge in [0, 0.05) is 25.0 Å². The number of hydrogen-bond donors (Lipinski definition) is 2. The van der Waals surface area contributed by atoms with Crippen LogP contribution in [-0.2, 0) is 11.3 Å². The Morgan fingerprint density at radius 2 is 2.00 bits per heavy atom. The molecular weight excluding hydrogens is 299 g/mol. The normalized spacial score (nSPS) is 12.0. The van der Waals surface area contributed by atoms with Gasteiger partial charge in [0.25, 0.3) is 0 Å². The molecule has 1 amide bonds. The number of halogens is 2. The number of carbonyl (C=O) groups is 1. The van der Waals surface area contributed by atoms with E-state index in [1.807, 2.05) is 37.7 Å². The number of hydrogen-bond acceptors (Lipinski definition) is 3. The lowest BCUT2D eigenvalue weighted by Crippen LogP contribution is -2.49. The Morgan fingerprint density at radius 3 is 2.40 bits per heavy atom. The van der Waals surface area contributed by atoms with Crippen LogP contribution in [0.2, 0.25) is 0 Å². The predicted molar refractivity (Wildman–Crippen MR) is 86.4 cm³/mol. The van der Waals surface area contributed by atoms with Gasteiger partial charge in [-0.3, -0.25) is 9.48 Å². The van der Waals surface area contributed by atoms with Crippen molar-refractivity contribution in [2.24, 2.45) is 11.1 Å². The van der Waals surface area contributed by atoms with Gasteiger partial charge in [-0.05, 0) is 25.8 Å². The summed E-state index contributed by atoms with van der Waals surface area (Å²) < 4.78 is 1.81. The molecule has 1 aromatic rings. The molecule has 0 aromatic carbocycles. The van der Waals surface area contributed by atoms with Crippen molar-refractivity contribution in [2.45, 2.75) is 46.2 Å². The molecular formula is C13H26Cl2N4O. The van der Waals surface area contributed by atoms with Gasteiger partial charge in [0.15, 0.2) is 0 Å². The second-order valence-electron chi connectivity index (χ2n) is 4.79. The molecule has 0 aliphatic carbocycles. The first-order valence-corrected chi connectivity index (χ1v) is 6.56. The van der Waals surface area contributed by atoms with E-state index in [2.05, 4.69) is 10.4 Å². The lowest BCUT2D eigenvalue weighted by atomic mass is 9.81. The standard InChI is InChI=1S/C13H24N4O.2ClH/c1-4-13(5-2,10-14)12(18)16-11(3)9-17-8-6-7-15-17;;/h6-8,11H,4-5,9-10,14H2,1-3H3,(H,16,18);2*1H. The fourth-order valence-electron chi connectivity index (χ4n) is 2.06. The molecule has 0 radical (unpaired) electrons. The summed E-state index contributed by atoms with van der Waals surface area (Å²) in [5, 5.41) is 7.16. The van der Waals surface area contributed by atoms with E-state index >= 15 is 0 Å². The number of nitrogens with zero attached hydrogens (tertiary/aromatic N) is 2. The number of carbonyl (C=O) groups excluding carboxylic acids is 1. The van der Waals surface area contributed by atoms with Crippen LogP contribution in [0.15, 0.2) is 18.5 Å². The van der Waals surface area contributed by atoms with Crippen LogP contribution in [0.4, 0.5) is 0 Å². The molecule has 1 rings (SSSR count). The van der Waals surface area contributed by atoms with Crippen molar-refractivity contribution < 1.29 is 4.79 Å². The molecule has 118 valence electrons. The molecule has 1 aromatic heterocycles. The van der Waals surface area contributed by atoms with E-state index in [1.165, 1.54) is 0 Å². The first-order chi connectivity index (χ1) is 8.57. The smallest absolute Gasteiger partial charge is 0.227 e. The van der Waals surface area contributed by atoms with Crippen LogP contribution >= 0.6 is 24.8 Å². The SMILES string of the molecule is CCC(CC)(CN)C(=O)NC(C)Cn1cccn1.Cl.Cl. The minimum atomic E-state index is -0.432. The highest BCUT2D eigenvalue weighted by Gasteiger charge is 2.33. The summed E-state index contributed by atoms with van der Waals surface area (Å²) in [4.78, 5) is 12.3. The molecule has 0 fully saturated rings. The molecule has 0 saturated carbocycles. The number of nitrogens with one attached hydrogen (secondary N) is 1. The summed E-state index contributed by atoms with van der Waals surface area (Å²) in [7, 11) is 0. The summed E-state index contributed by atoms with van der Waals surface area (Å²) in [5.41, 5.74) is 5.33. The maximum atomic E-state index is 12.3. The van der Waals surface area contributed by atoms with Crippen LogP contribution in [-0.4, -0.2) is 28.3 Å². The molecule has 1 heterocycles. The minimum absolute atomic E-state index is 0. The molecule has 1 atom stereocenters. The number of amides is 1. The minimum Gasteiger partial charge on any atom is -0.351 e. The lowest BCUT2D eigenvalue weighted by Gasteiger charge is -2.30. The largest absolute Gasteiger partial charge is 0.351 e. The molecule has 5 nitrogen and oxygen atoms in total. The third-order valence-corrected chi connectivity index (χ3v) is 3.62. The topological polar surface area (TPSA) is 72.9 Å². The Bertz CT molecular complexity index is 358. The third-order valence-electron chi connectivity index (χ3n) is 3.62. The van der Waals surface area contributed by atoms with Gasteiger partial charge in [-0.15, -0.1) is 24.8 Å². The summed E-state index contributed by atoms with van der Waals surface area (Å²) in [5.74, 6) is 0.0506. The van der Waals surface area contributed by atoms with Crippen molar-refractivity contribution in [3.05, 3.63) is 18.5 Å². The summed E-state index contributed by atoms with van der Waals surface area (Å²) in [6.45, 7) is 7.06. The van der Waals surface area contributed by atoms with E-state index in [1.54, 1.807) is 6.20 Å². The molecule has 7 heteroatoms. The average Bonchev–Trinajstić information content (AvgIpc) is 2.84. The Labute approximate surface area is 133 Å². The average molecular weight is 325 g/mol. The van der Waals surface area contributed by atoms with E-state index in [9.17, 15) is 4.79 Å². The second kappa shape index (κ2) is 10.0. The molecule has 3 N–H and O–H groups in total. The highest BCUT2D eigenvalue weighted by molar-refractivity contribution is 5.85. The summed E-state index contributed by atoms with van der Waals surface area (Å²) >= 11 is 0. The zero-order valence-corrected chi connectivity index (χ0v) is 14.0. The third kappa shape index (κ3) is 5.31. The van der Waals surface area contributed by atoms with Gasteiger partial charge < -0.3 is 11.1 Å². The summed E-state index contributed by atoms with van der Waals surface area (Å²) in [6, 6.07) is 1.91. The molecule has 0 aliphatic heterocycles. The molecule has 0 spiro atoms. The molecule has 0 aliphatic rings. The van der Waals surface area contributed by atoms with E-state index in [4.69, 9.17) is 5.73 Å². The van der Waals surface area contributed by atoms with Crippen molar-refractivity contribution in [1.29, 1.82) is 0 Å². The van der Waals surface area contributed by atoms with Crippen molar-refractivity contribution in [3.63, 3.8) is 0 Å². The van der Waals surface area contributed by atoms with Crippen LogP contribution in [0, 0.1) is 5.41 Å². The predicted octanol–water partition coefficient (Wildman–Crippen LogP) is 2.00. The summed E-state index contributed by atoms with van der Waals surface area (Å²) in [6.07, 6.45) is 5.15. The Hall–Kier alpha value is -0.780. The van der Waals surface area contributed by atoms with E-state index in [0.29, 0.717) is 13.1 Å². The molecule has 20 heavy (non-hydrogen) atoms. The van der Waals surface area contributed by atoms with Gasteiger partial charge in [0.2, 0.25) is 5.91 Å². The first-order valence-electron chi connectivity index (χ1n) is 6.56. The number of aromatic nitrogens is 2. The van der Waals surface area contributed by atoms with Crippen LogP contribution in [0.5, 0.6) is 0 Å². The fourth-order valence-corrected chi connectivity index (χ4v) is 2.06. The Morgan fingerprint density at radius 1 is 1.40 bits per heavy atom. The first kappa shape index (κ1) is 21.5. The fraction of sp³-hybridized carbons (Fsp3) is 0.692. The zero-order chi connectivity index (χ0) is 13.6. The molecule has 0 bridgehead atoms. The van der Waals surface area contributed by atoms with Crippen molar-refractivity contribution in [3.8, 4) is 0 Å². The van der Waals surface area contributed by atoms with Crippen molar-refractivity contribution in [1.82, 2.24) is 15.1 Å². The van der Waals surface area contributed by atoms with Gasteiger partial charge >= 0.3 is 0 Å². The molecule has 0 saturated heterocycles. The monoisotopic (exact) mass is 324 g/mol. The second-order valence-corrected chi connectivity index (χ2v) is 4.79. The van der Waals surface area contributed by atoms with Crippen LogP contribution in [0.3, 0.4) is 0 Å². The Kier molecular flexibility index (Phi) is 10.8. The Balaban J connectivity index is 0. The van der Waals surface area contributed by atoms with E-state index in [0.717, 1.165) is 12.8 Å². The highest BCUT2D eigenvalue weighted by Crippen LogP contribution is 2.25. The van der Waals surface area contributed by atoms with Crippen LogP contribution < -0.4 is 11.1 Å². The van der Waals surface area contributed by atoms with Crippen molar-refractivity contribution in [2.75, 3.05) is 6.54 Å². The van der Waals surface area contributed by atoms with Gasteiger partial charge in [0.05, 0.1) is 12.0 Å². The van der Waals surface area contributed by atoms with Crippen LogP contribution in [0.25, 0.3) is 0 Å². The zero-order valence-electron chi connectivity index (χ0n) is 12.3. The maximum absolute atomic E-state index is 12.3. The highest BCUT2D eigenvalue weighted by atomic mass is 35.5.